The molecule has 0 radical (unpaired) electrons. The van der Waals surface area contributed by atoms with E-state index in [0.717, 1.165) is 5.92 Å². The van der Waals surface area contributed by atoms with E-state index in [1.54, 1.807) is 0 Å². The summed E-state index contributed by atoms with van der Waals surface area (Å²) in [5.41, 5.74) is 0.176. The molecule has 0 aromatic carbocycles. The number of hydrogen-bond acceptors (Lipinski definition) is 1. The van der Waals surface area contributed by atoms with Crippen molar-refractivity contribution in [3.05, 3.63) is 0 Å². The third kappa shape index (κ3) is 1.47. The number of carbonyl (C=O) groups is 1. The molecule has 0 saturated heterocycles. The van der Waals surface area contributed by atoms with Crippen LogP contribution in [0.2, 0.25) is 0 Å². The van der Waals surface area contributed by atoms with Crippen LogP contribution in [0.1, 0.15) is 44.9 Å². The zero-order chi connectivity index (χ0) is 7.73. The second-order valence-electron chi connectivity index (χ2n) is 4.33. The van der Waals surface area contributed by atoms with Gasteiger partial charge in [0, 0.05) is 5.41 Å². The summed E-state index contributed by atoms with van der Waals surface area (Å²) in [6, 6.07) is 0. The molecule has 1 nitrogen and oxygen atoms in total. The van der Waals surface area contributed by atoms with Crippen molar-refractivity contribution >= 4 is 6.29 Å². The van der Waals surface area contributed by atoms with Crippen molar-refractivity contribution in [1.82, 2.24) is 0 Å². The lowest BCUT2D eigenvalue weighted by Crippen LogP contribution is -2.07. The Balaban J connectivity index is 1.84. The number of carbonyl (C=O) groups excluding carboxylic acids is 1. The molecule has 0 amide bonds. The minimum atomic E-state index is 0.176. The smallest absolute Gasteiger partial charge is 0.126 e. The fraction of sp³-hybridized carbons (Fsp3) is 0.900. The van der Waals surface area contributed by atoms with Gasteiger partial charge in [0.15, 0.2) is 0 Å². The van der Waals surface area contributed by atoms with Gasteiger partial charge in [-0.1, -0.05) is 25.7 Å². The van der Waals surface area contributed by atoms with Gasteiger partial charge in [0.25, 0.3) is 0 Å². The molecule has 0 unspecified atom stereocenters. The van der Waals surface area contributed by atoms with E-state index >= 15 is 0 Å². The van der Waals surface area contributed by atoms with Crippen molar-refractivity contribution < 1.29 is 4.79 Å². The SMILES string of the molecule is O=CC1(CC2CCCC2)CC1. The van der Waals surface area contributed by atoms with E-state index in [-0.39, 0.29) is 5.41 Å². The maximum atomic E-state index is 10.7. The highest BCUT2D eigenvalue weighted by Gasteiger charge is 2.44. The van der Waals surface area contributed by atoms with Crippen LogP contribution in [0.3, 0.4) is 0 Å². The monoisotopic (exact) mass is 152 g/mol. The maximum absolute atomic E-state index is 10.7. The van der Waals surface area contributed by atoms with Crippen molar-refractivity contribution in [2.24, 2.45) is 11.3 Å². The molecule has 11 heavy (non-hydrogen) atoms. The van der Waals surface area contributed by atoms with E-state index < -0.39 is 0 Å². The predicted octanol–water partition coefficient (Wildman–Crippen LogP) is 2.55. The summed E-state index contributed by atoms with van der Waals surface area (Å²) in [7, 11) is 0. The summed E-state index contributed by atoms with van der Waals surface area (Å²) < 4.78 is 0. The zero-order valence-corrected chi connectivity index (χ0v) is 7.01. The van der Waals surface area contributed by atoms with Gasteiger partial charge in [-0.05, 0) is 25.2 Å². The van der Waals surface area contributed by atoms with Gasteiger partial charge in [0.2, 0.25) is 0 Å². The van der Waals surface area contributed by atoms with Crippen LogP contribution in [0.25, 0.3) is 0 Å². The molecule has 2 rings (SSSR count). The Morgan fingerprint density at radius 1 is 1.27 bits per heavy atom. The molecule has 2 fully saturated rings. The second-order valence-corrected chi connectivity index (χ2v) is 4.33. The van der Waals surface area contributed by atoms with Crippen molar-refractivity contribution in [2.75, 3.05) is 0 Å². The number of rotatable bonds is 3. The summed E-state index contributed by atoms with van der Waals surface area (Å²) in [6.07, 6.45) is 10.3. The van der Waals surface area contributed by atoms with Gasteiger partial charge in [-0.3, -0.25) is 0 Å². The topological polar surface area (TPSA) is 17.1 Å². The van der Waals surface area contributed by atoms with Crippen molar-refractivity contribution in [3.8, 4) is 0 Å². The molecule has 0 spiro atoms. The average Bonchev–Trinajstić information content (AvgIpc) is 2.59. The lowest BCUT2D eigenvalue weighted by molar-refractivity contribution is -0.112. The third-order valence-electron chi connectivity index (χ3n) is 3.31. The van der Waals surface area contributed by atoms with Crippen LogP contribution in [0.15, 0.2) is 0 Å². The number of hydrogen-bond donors (Lipinski definition) is 0. The van der Waals surface area contributed by atoms with E-state index in [1.807, 2.05) is 0 Å². The van der Waals surface area contributed by atoms with Gasteiger partial charge in [-0.25, -0.2) is 0 Å². The highest BCUT2D eigenvalue weighted by molar-refractivity contribution is 5.63. The van der Waals surface area contributed by atoms with E-state index in [2.05, 4.69) is 0 Å². The molecule has 0 aromatic heterocycles. The van der Waals surface area contributed by atoms with E-state index in [1.165, 1.54) is 51.2 Å². The van der Waals surface area contributed by atoms with E-state index in [0.29, 0.717) is 0 Å². The molecule has 0 aromatic rings. The Kier molecular flexibility index (Phi) is 1.74. The molecule has 0 bridgehead atoms. The van der Waals surface area contributed by atoms with Crippen LogP contribution in [0.5, 0.6) is 0 Å². The van der Waals surface area contributed by atoms with Gasteiger partial charge in [-0.15, -0.1) is 0 Å². The summed E-state index contributed by atoms with van der Waals surface area (Å²) in [5.74, 6) is 0.891. The summed E-state index contributed by atoms with van der Waals surface area (Å²) >= 11 is 0. The first-order valence-electron chi connectivity index (χ1n) is 4.81. The zero-order valence-electron chi connectivity index (χ0n) is 7.01. The molecular weight excluding hydrogens is 136 g/mol. The second kappa shape index (κ2) is 2.62. The van der Waals surface area contributed by atoms with Crippen LogP contribution < -0.4 is 0 Å². The minimum Gasteiger partial charge on any atom is -0.303 e. The molecule has 2 aliphatic carbocycles. The molecule has 1 heteroatoms. The van der Waals surface area contributed by atoms with Crippen LogP contribution in [-0.2, 0) is 4.79 Å². The van der Waals surface area contributed by atoms with Crippen LogP contribution in [0.4, 0.5) is 0 Å². The predicted molar refractivity (Wildman–Crippen MR) is 44.3 cm³/mol. The Morgan fingerprint density at radius 2 is 1.91 bits per heavy atom. The average molecular weight is 152 g/mol. The van der Waals surface area contributed by atoms with Crippen LogP contribution >= 0.6 is 0 Å². The lowest BCUT2D eigenvalue weighted by Gasteiger charge is -2.12. The first kappa shape index (κ1) is 7.33. The molecular formula is C10H16O. The largest absolute Gasteiger partial charge is 0.303 e. The molecule has 0 N–H and O–H groups in total. The minimum absolute atomic E-state index is 0.176. The van der Waals surface area contributed by atoms with E-state index in [9.17, 15) is 4.79 Å². The maximum Gasteiger partial charge on any atom is 0.126 e. The van der Waals surface area contributed by atoms with Gasteiger partial charge >= 0.3 is 0 Å². The van der Waals surface area contributed by atoms with Crippen LogP contribution in [0, 0.1) is 11.3 Å². The molecule has 2 aliphatic rings. The van der Waals surface area contributed by atoms with Gasteiger partial charge in [0.1, 0.15) is 6.29 Å². The van der Waals surface area contributed by atoms with Crippen molar-refractivity contribution in [3.63, 3.8) is 0 Å². The summed E-state index contributed by atoms with van der Waals surface area (Å²) in [6.45, 7) is 0. The standard InChI is InChI=1S/C10H16O/c11-8-10(5-6-10)7-9-3-1-2-4-9/h8-9H,1-7H2. The third-order valence-corrected chi connectivity index (χ3v) is 3.31. The molecule has 0 atom stereocenters. The quantitative estimate of drug-likeness (QED) is 0.568. The van der Waals surface area contributed by atoms with Crippen LogP contribution in [-0.4, -0.2) is 6.29 Å². The Morgan fingerprint density at radius 3 is 2.36 bits per heavy atom. The molecule has 62 valence electrons. The van der Waals surface area contributed by atoms with Gasteiger partial charge < -0.3 is 4.79 Å². The highest BCUT2D eigenvalue weighted by atomic mass is 16.1. The molecule has 0 aliphatic heterocycles. The lowest BCUT2D eigenvalue weighted by atomic mass is 9.92. The summed E-state index contributed by atoms with van der Waals surface area (Å²) in [5, 5.41) is 0. The van der Waals surface area contributed by atoms with Crippen molar-refractivity contribution in [2.45, 2.75) is 44.9 Å². The Hall–Kier alpha value is -0.330. The fourth-order valence-corrected chi connectivity index (χ4v) is 2.32. The van der Waals surface area contributed by atoms with E-state index in [4.69, 9.17) is 0 Å². The van der Waals surface area contributed by atoms with Gasteiger partial charge in [-0.2, -0.15) is 0 Å². The highest BCUT2D eigenvalue weighted by Crippen LogP contribution is 2.51. The Labute approximate surface area is 68.2 Å². The Bertz CT molecular complexity index is 152. The normalized spacial score (nSPS) is 28.7. The van der Waals surface area contributed by atoms with Crippen molar-refractivity contribution in [1.29, 1.82) is 0 Å². The fourth-order valence-electron chi connectivity index (χ4n) is 2.32. The van der Waals surface area contributed by atoms with Gasteiger partial charge in [0.05, 0.1) is 0 Å². The summed E-state index contributed by atoms with van der Waals surface area (Å²) in [4.78, 5) is 10.7. The first-order valence-corrected chi connectivity index (χ1v) is 4.81. The first-order chi connectivity index (χ1) is 5.35. The molecule has 2 saturated carbocycles. The number of aldehydes is 1. The molecule has 0 heterocycles.